The Morgan fingerprint density at radius 2 is 2.09 bits per heavy atom. The Morgan fingerprint density at radius 3 is 2.74 bits per heavy atom. The quantitative estimate of drug-likeness (QED) is 0.580. The molecule has 0 radical (unpaired) electrons. The first-order chi connectivity index (χ1) is 10.9. The highest BCUT2D eigenvalue weighted by Crippen LogP contribution is 2.21. The fraction of sp³-hybridized carbons (Fsp3) is 0.267. The average molecular weight is 353 g/mol. The van der Waals surface area contributed by atoms with Gasteiger partial charge in [-0.25, -0.2) is 0 Å². The molecule has 0 saturated heterocycles. The molecule has 3 N–H and O–H groups in total. The van der Waals surface area contributed by atoms with Gasteiger partial charge in [0.2, 0.25) is 0 Å². The maximum absolute atomic E-state index is 12.3. The molecule has 0 spiro atoms. The van der Waals surface area contributed by atoms with Gasteiger partial charge in [0.05, 0.1) is 5.69 Å². The summed E-state index contributed by atoms with van der Waals surface area (Å²) in [5.41, 5.74) is 6.83. The number of hydrogen-bond donors (Lipinski definition) is 3. The van der Waals surface area contributed by atoms with Gasteiger partial charge in [-0.05, 0) is 37.3 Å². The van der Waals surface area contributed by atoms with Gasteiger partial charge in [-0.3, -0.25) is 15.6 Å². The predicted octanol–water partition coefficient (Wildman–Crippen LogP) is 3.39. The Hall–Kier alpha value is -2.12. The van der Waals surface area contributed by atoms with Crippen molar-refractivity contribution < 1.29 is 9.32 Å². The van der Waals surface area contributed by atoms with Gasteiger partial charge in [-0.15, -0.1) is 0 Å². The molecule has 0 bridgehead atoms. The number of amides is 1. The molecular weight excluding hydrogens is 336 g/mol. The van der Waals surface area contributed by atoms with Crippen molar-refractivity contribution in [3.8, 4) is 0 Å². The van der Waals surface area contributed by atoms with E-state index in [9.17, 15) is 4.79 Å². The van der Waals surface area contributed by atoms with Crippen LogP contribution >= 0.6 is 23.8 Å². The second kappa shape index (κ2) is 7.43. The zero-order valence-electron chi connectivity index (χ0n) is 12.9. The highest BCUT2D eigenvalue weighted by Gasteiger charge is 2.22. The Balaban J connectivity index is 1.97. The smallest absolute Gasteiger partial charge is 0.275 e. The summed E-state index contributed by atoms with van der Waals surface area (Å²) in [6.45, 7) is 5.57. The summed E-state index contributed by atoms with van der Waals surface area (Å²) in [6.07, 6.45) is 0. The second-order valence-electron chi connectivity index (χ2n) is 5.21. The van der Waals surface area contributed by atoms with E-state index in [4.69, 9.17) is 28.3 Å². The first-order valence-corrected chi connectivity index (χ1v) is 7.76. The molecule has 0 atom stereocenters. The van der Waals surface area contributed by atoms with Gasteiger partial charge in [0, 0.05) is 16.6 Å². The van der Waals surface area contributed by atoms with Crippen LogP contribution in [0.15, 0.2) is 28.8 Å². The zero-order valence-corrected chi connectivity index (χ0v) is 14.5. The minimum absolute atomic E-state index is 0.0495. The molecule has 1 aromatic heterocycles. The number of aryl methyl sites for hydroxylation is 1. The number of aromatic nitrogens is 1. The minimum atomic E-state index is -0.359. The molecule has 0 aliphatic rings. The molecule has 122 valence electrons. The van der Waals surface area contributed by atoms with Crippen LogP contribution in [0, 0.1) is 6.92 Å². The molecule has 1 amide bonds. The predicted molar refractivity (Wildman–Crippen MR) is 93.6 cm³/mol. The van der Waals surface area contributed by atoms with Gasteiger partial charge >= 0.3 is 0 Å². The van der Waals surface area contributed by atoms with Crippen LogP contribution in [0.1, 0.15) is 41.6 Å². The molecule has 2 aromatic rings. The number of thiocarbonyl (C=S) groups is 1. The van der Waals surface area contributed by atoms with E-state index < -0.39 is 0 Å². The van der Waals surface area contributed by atoms with Crippen molar-refractivity contribution in [3.63, 3.8) is 0 Å². The van der Waals surface area contributed by atoms with E-state index in [0.29, 0.717) is 27.7 Å². The standard InChI is InChI=1S/C15H17ClN4O2S/c1-8(2)13-12(9(3)20-22-13)14(21)18-19-15(23)17-11-6-4-5-10(16)7-11/h4-8H,1-3H3,(H,18,21)(H2,17,19,23). The third kappa shape index (κ3) is 4.43. The number of hydrogen-bond acceptors (Lipinski definition) is 4. The summed E-state index contributed by atoms with van der Waals surface area (Å²) in [6, 6.07) is 7.08. The normalized spacial score (nSPS) is 10.5. The van der Waals surface area contributed by atoms with E-state index in [1.54, 1.807) is 25.1 Å². The number of benzene rings is 1. The minimum Gasteiger partial charge on any atom is -0.360 e. The van der Waals surface area contributed by atoms with Crippen molar-refractivity contribution in [3.05, 3.63) is 46.3 Å². The lowest BCUT2D eigenvalue weighted by atomic mass is 10.1. The van der Waals surface area contributed by atoms with Gasteiger partial charge in [-0.2, -0.15) is 0 Å². The van der Waals surface area contributed by atoms with E-state index in [0.717, 1.165) is 0 Å². The van der Waals surface area contributed by atoms with Gasteiger partial charge in [0.1, 0.15) is 5.56 Å². The Morgan fingerprint density at radius 1 is 1.35 bits per heavy atom. The van der Waals surface area contributed by atoms with Gasteiger partial charge in [0.15, 0.2) is 10.9 Å². The number of carbonyl (C=O) groups is 1. The molecule has 23 heavy (non-hydrogen) atoms. The zero-order chi connectivity index (χ0) is 17.0. The first kappa shape index (κ1) is 17.2. The highest BCUT2D eigenvalue weighted by molar-refractivity contribution is 7.80. The molecule has 0 fully saturated rings. The summed E-state index contributed by atoms with van der Waals surface area (Å²) >= 11 is 11.0. The third-order valence-electron chi connectivity index (χ3n) is 3.01. The molecule has 8 heteroatoms. The van der Waals surface area contributed by atoms with E-state index >= 15 is 0 Å². The van der Waals surface area contributed by atoms with Crippen LogP contribution in [0.2, 0.25) is 5.02 Å². The second-order valence-corrected chi connectivity index (χ2v) is 6.05. The van der Waals surface area contributed by atoms with Crippen molar-refractivity contribution >= 4 is 40.5 Å². The lowest BCUT2D eigenvalue weighted by Gasteiger charge is -2.12. The summed E-state index contributed by atoms with van der Waals surface area (Å²) in [7, 11) is 0. The molecule has 0 unspecified atom stereocenters. The Kier molecular flexibility index (Phi) is 5.57. The summed E-state index contributed by atoms with van der Waals surface area (Å²) < 4.78 is 5.19. The van der Waals surface area contributed by atoms with Crippen LogP contribution in [0.3, 0.4) is 0 Å². The van der Waals surface area contributed by atoms with Gasteiger partial charge in [-0.1, -0.05) is 36.7 Å². The third-order valence-corrected chi connectivity index (χ3v) is 3.45. The number of halogens is 1. The fourth-order valence-corrected chi connectivity index (χ4v) is 2.32. The Labute approximate surface area is 144 Å². The van der Waals surface area contributed by atoms with Gasteiger partial charge < -0.3 is 9.84 Å². The van der Waals surface area contributed by atoms with Crippen molar-refractivity contribution in [1.82, 2.24) is 16.0 Å². The molecule has 0 aliphatic carbocycles. The van der Waals surface area contributed by atoms with Crippen molar-refractivity contribution in [2.24, 2.45) is 0 Å². The summed E-state index contributed by atoms with van der Waals surface area (Å²) in [5.74, 6) is 0.228. The molecule has 1 heterocycles. The highest BCUT2D eigenvalue weighted by atomic mass is 35.5. The van der Waals surface area contributed by atoms with Crippen LogP contribution in [-0.2, 0) is 0 Å². The number of nitrogens with one attached hydrogen (secondary N) is 3. The van der Waals surface area contributed by atoms with E-state index in [1.165, 1.54) is 0 Å². The Bertz CT molecular complexity index is 730. The largest absolute Gasteiger partial charge is 0.360 e. The fourth-order valence-electron chi connectivity index (χ4n) is 1.96. The number of nitrogens with zero attached hydrogens (tertiary/aromatic N) is 1. The summed E-state index contributed by atoms with van der Waals surface area (Å²) in [5, 5.41) is 7.58. The number of hydrazine groups is 1. The van der Waals surface area contributed by atoms with Crippen LogP contribution in [0.4, 0.5) is 5.69 Å². The lowest BCUT2D eigenvalue weighted by molar-refractivity contribution is 0.0941. The van der Waals surface area contributed by atoms with Crippen molar-refractivity contribution in [2.75, 3.05) is 5.32 Å². The first-order valence-electron chi connectivity index (χ1n) is 6.97. The molecule has 2 rings (SSSR count). The number of anilines is 1. The van der Waals surface area contributed by atoms with Crippen LogP contribution < -0.4 is 16.2 Å². The van der Waals surface area contributed by atoms with Crippen molar-refractivity contribution in [2.45, 2.75) is 26.7 Å². The molecule has 0 aliphatic heterocycles. The topological polar surface area (TPSA) is 79.2 Å². The van der Waals surface area contributed by atoms with Crippen LogP contribution in [-0.4, -0.2) is 16.2 Å². The average Bonchev–Trinajstić information content (AvgIpc) is 2.87. The lowest BCUT2D eigenvalue weighted by Crippen LogP contribution is -2.44. The molecule has 1 aromatic carbocycles. The maximum atomic E-state index is 12.3. The van der Waals surface area contributed by atoms with Gasteiger partial charge in [0.25, 0.3) is 5.91 Å². The molecular formula is C15H17ClN4O2S. The monoisotopic (exact) mass is 352 g/mol. The number of carbonyl (C=O) groups excluding carboxylic acids is 1. The van der Waals surface area contributed by atoms with Crippen LogP contribution in [0.25, 0.3) is 0 Å². The SMILES string of the molecule is Cc1noc(C(C)C)c1C(=O)NNC(=S)Nc1cccc(Cl)c1. The van der Waals surface area contributed by atoms with Crippen LogP contribution in [0.5, 0.6) is 0 Å². The van der Waals surface area contributed by atoms with E-state index in [2.05, 4.69) is 21.3 Å². The molecule has 0 saturated carbocycles. The number of rotatable bonds is 3. The van der Waals surface area contributed by atoms with E-state index in [1.807, 2.05) is 19.9 Å². The summed E-state index contributed by atoms with van der Waals surface area (Å²) in [4.78, 5) is 12.3. The maximum Gasteiger partial charge on any atom is 0.275 e. The molecule has 6 nitrogen and oxygen atoms in total. The van der Waals surface area contributed by atoms with E-state index in [-0.39, 0.29) is 16.9 Å². The van der Waals surface area contributed by atoms with Crippen molar-refractivity contribution in [1.29, 1.82) is 0 Å².